The Balaban J connectivity index is 1.78. The predicted octanol–water partition coefficient (Wildman–Crippen LogP) is 1.93. The molecule has 0 unspecified atom stereocenters. The van der Waals surface area contributed by atoms with Crippen molar-refractivity contribution in [3.05, 3.63) is 58.4 Å². The summed E-state index contributed by atoms with van der Waals surface area (Å²) in [4.78, 5) is 24.2. The molecule has 4 rings (SSSR count). The number of likely N-dealkylation sites (N-methyl/N-ethyl adjacent to an activating group) is 2. The fourth-order valence-corrected chi connectivity index (χ4v) is 3.43. The van der Waals surface area contributed by atoms with Gasteiger partial charge in [-0.25, -0.2) is 9.50 Å². The van der Waals surface area contributed by atoms with E-state index in [1.54, 1.807) is 4.40 Å². The van der Waals surface area contributed by atoms with Gasteiger partial charge in [0, 0.05) is 32.4 Å². The Morgan fingerprint density at radius 2 is 1.97 bits per heavy atom. The molecular formula is C21H25N7O. The summed E-state index contributed by atoms with van der Waals surface area (Å²) in [5.74, 6) is 0. The highest BCUT2D eigenvalue weighted by molar-refractivity contribution is 5.66. The summed E-state index contributed by atoms with van der Waals surface area (Å²) >= 11 is 0. The molecule has 0 saturated carbocycles. The van der Waals surface area contributed by atoms with E-state index in [9.17, 15) is 4.79 Å². The van der Waals surface area contributed by atoms with E-state index in [1.165, 1.54) is 6.07 Å². The molecule has 0 aromatic carbocycles. The number of aryl methyl sites for hydroxylation is 2. The Kier molecular flexibility index (Phi) is 5.02. The van der Waals surface area contributed by atoms with Gasteiger partial charge in [-0.3, -0.25) is 14.2 Å². The highest BCUT2D eigenvalue weighted by Crippen LogP contribution is 2.21. The second kappa shape index (κ2) is 7.63. The zero-order valence-electron chi connectivity index (χ0n) is 17.2. The molecule has 8 nitrogen and oxygen atoms in total. The monoisotopic (exact) mass is 391 g/mol. The van der Waals surface area contributed by atoms with Crippen LogP contribution in [0.15, 0.2) is 41.5 Å². The van der Waals surface area contributed by atoms with Crippen molar-refractivity contribution in [2.75, 3.05) is 32.1 Å². The first-order chi connectivity index (χ1) is 14.0. The largest absolute Gasteiger partial charge is 0.372 e. The average Bonchev–Trinajstić information content (AvgIpc) is 3.15. The molecule has 0 amide bonds. The normalized spacial score (nSPS) is 11.4. The minimum atomic E-state index is -0.129. The van der Waals surface area contributed by atoms with Gasteiger partial charge >= 0.3 is 0 Å². The highest BCUT2D eigenvalue weighted by atomic mass is 16.1. The van der Waals surface area contributed by atoms with Crippen LogP contribution in [0.3, 0.4) is 0 Å². The summed E-state index contributed by atoms with van der Waals surface area (Å²) < 4.78 is 3.40. The van der Waals surface area contributed by atoms with Gasteiger partial charge in [-0.1, -0.05) is 6.92 Å². The Hall–Kier alpha value is -3.26. The third-order valence-electron chi connectivity index (χ3n) is 5.03. The number of nitrogens with one attached hydrogen (secondary N) is 1. The summed E-state index contributed by atoms with van der Waals surface area (Å²) in [5.41, 5.74) is 5.50. The molecule has 0 radical (unpaired) electrons. The van der Waals surface area contributed by atoms with E-state index >= 15 is 0 Å². The van der Waals surface area contributed by atoms with Crippen LogP contribution in [0.5, 0.6) is 0 Å². The minimum absolute atomic E-state index is 0.129. The summed E-state index contributed by atoms with van der Waals surface area (Å²) in [6, 6.07) is 7.34. The van der Waals surface area contributed by atoms with Crippen molar-refractivity contribution in [2.45, 2.75) is 20.3 Å². The molecule has 150 valence electrons. The summed E-state index contributed by atoms with van der Waals surface area (Å²) in [7, 11) is 3.92. The van der Waals surface area contributed by atoms with Crippen molar-refractivity contribution < 1.29 is 0 Å². The summed E-state index contributed by atoms with van der Waals surface area (Å²) in [6.07, 6.45) is 4.53. The maximum atomic E-state index is 12.8. The molecule has 0 aliphatic carbocycles. The number of anilines is 1. The summed E-state index contributed by atoms with van der Waals surface area (Å²) in [6.45, 7) is 5.73. The molecule has 0 atom stereocenters. The van der Waals surface area contributed by atoms with Crippen molar-refractivity contribution in [1.29, 1.82) is 0 Å². The van der Waals surface area contributed by atoms with Gasteiger partial charge in [0.15, 0.2) is 0 Å². The van der Waals surface area contributed by atoms with E-state index in [2.05, 4.69) is 32.2 Å². The maximum Gasteiger partial charge on any atom is 0.258 e. The number of hydrogen-bond donors (Lipinski definition) is 1. The lowest BCUT2D eigenvalue weighted by atomic mass is 10.2. The SMILES string of the molecule is CCc1nc(C)cn2nc(-c3cc(=O)n4cc(N(C)CCNC)ccc4n3)cc12. The first-order valence-corrected chi connectivity index (χ1v) is 9.75. The molecule has 4 aromatic heterocycles. The van der Waals surface area contributed by atoms with Gasteiger partial charge in [-0.15, -0.1) is 0 Å². The van der Waals surface area contributed by atoms with Crippen LogP contribution in [0.4, 0.5) is 5.69 Å². The molecular weight excluding hydrogens is 366 g/mol. The maximum absolute atomic E-state index is 12.8. The molecule has 4 aromatic rings. The fourth-order valence-electron chi connectivity index (χ4n) is 3.43. The van der Waals surface area contributed by atoms with Gasteiger partial charge in [0.1, 0.15) is 11.3 Å². The van der Waals surface area contributed by atoms with Gasteiger partial charge in [-0.2, -0.15) is 5.10 Å². The quantitative estimate of drug-likeness (QED) is 0.541. The predicted molar refractivity (Wildman–Crippen MR) is 115 cm³/mol. The van der Waals surface area contributed by atoms with Crippen LogP contribution < -0.4 is 15.8 Å². The zero-order chi connectivity index (χ0) is 20.5. The van der Waals surface area contributed by atoms with Gasteiger partial charge < -0.3 is 10.2 Å². The smallest absolute Gasteiger partial charge is 0.258 e. The Morgan fingerprint density at radius 1 is 1.14 bits per heavy atom. The second-order valence-corrected chi connectivity index (χ2v) is 7.16. The molecule has 1 N–H and O–H groups in total. The van der Waals surface area contributed by atoms with E-state index in [0.717, 1.165) is 42.1 Å². The van der Waals surface area contributed by atoms with E-state index in [-0.39, 0.29) is 5.56 Å². The van der Waals surface area contributed by atoms with Crippen molar-refractivity contribution in [2.24, 2.45) is 0 Å². The Labute approximate surface area is 168 Å². The minimum Gasteiger partial charge on any atom is -0.372 e. The molecule has 0 spiro atoms. The standard InChI is InChI=1S/C21H25N7O/c1-5-16-19-10-18(25-28(19)12-14(2)23-16)17-11-21(29)27-13-15(6-7-20(27)24-17)26(4)9-8-22-3/h6-7,10-13,22H,5,8-9H2,1-4H3. The molecule has 8 heteroatoms. The Morgan fingerprint density at radius 3 is 2.72 bits per heavy atom. The molecule has 0 fully saturated rings. The molecule has 0 bridgehead atoms. The second-order valence-electron chi connectivity index (χ2n) is 7.16. The number of aromatic nitrogens is 5. The fraction of sp³-hybridized carbons (Fsp3) is 0.333. The molecule has 0 saturated heterocycles. The highest BCUT2D eigenvalue weighted by Gasteiger charge is 2.13. The van der Waals surface area contributed by atoms with E-state index in [0.29, 0.717) is 17.0 Å². The van der Waals surface area contributed by atoms with Gasteiger partial charge in [0.2, 0.25) is 0 Å². The van der Waals surface area contributed by atoms with Crippen molar-refractivity contribution in [3.63, 3.8) is 0 Å². The lowest BCUT2D eigenvalue weighted by molar-refractivity contribution is 0.766. The van der Waals surface area contributed by atoms with Crippen molar-refractivity contribution >= 4 is 16.9 Å². The van der Waals surface area contributed by atoms with Gasteiger partial charge in [0.05, 0.1) is 34.5 Å². The third kappa shape index (κ3) is 3.58. The average molecular weight is 391 g/mol. The van der Waals surface area contributed by atoms with Crippen molar-refractivity contribution in [3.8, 4) is 11.4 Å². The van der Waals surface area contributed by atoms with Gasteiger partial charge in [0.25, 0.3) is 5.56 Å². The number of hydrogen-bond acceptors (Lipinski definition) is 6. The zero-order valence-corrected chi connectivity index (χ0v) is 17.2. The van der Waals surface area contributed by atoms with Crippen LogP contribution in [0, 0.1) is 6.92 Å². The number of rotatable bonds is 6. The number of fused-ring (bicyclic) bond motifs is 2. The molecule has 4 heterocycles. The first kappa shape index (κ1) is 19.1. The molecule has 0 aliphatic rings. The van der Waals surface area contributed by atoms with Crippen molar-refractivity contribution in [1.82, 2.24) is 29.3 Å². The number of nitrogens with zero attached hydrogens (tertiary/aromatic N) is 6. The van der Waals surface area contributed by atoms with Crippen LogP contribution in [-0.4, -0.2) is 51.2 Å². The lowest BCUT2D eigenvalue weighted by Gasteiger charge is -2.19. The Bertz CT molecular complexity index is 1240. The molecule has 0 aliphatic heterocycles. The van der Waals surface area contributed by atoms with E-state index in [1.807, 2.05) is 56.1 Å². The van der Waals surface area contributed by atoms with Crippen LogP contribution in [0.25, 0.3) is 22.6 Å². The van der Waals surface area contributed by atoms with E-state index in [4.69, 9.17) is 0 Å². The van der Waals surface area contributed by atoms with Crippen LogP contribution in [0.1, 0.15) is 18.3 Å². The first-order valence-electron chi connectivity index (χ1n) is 9.75. The van der Waals surface area contributed by atoms with Gasteiger partial charge in [-0.05, 0) is 38.6 Å². The third-order valence-corrected chi connectivity index (χ3v) is 5.03. The summed E-state index contributed by atoms with van der Waals surface area (Å²) in [5, 5.41) is 7.76. The van der Waals surface area contributed by atoms with Crippen LogP contribution in [-0.2, 0) is 6.42 Å². The number of pyridine rings is 1. The lowest BCUT2D eigenvalue weighted by Crippen LogP contribution is -2.27. The van der Waals surface area contributed by atoms with E-state index < -0.39 is 0 Å². The topological polar surface area (TPSA) is 79.8 Å². The molecule has 29 heavy (non-hydrogen) atoms. The van der Waals surface area contributed by atoms with Crippen LogP contribution >= 0.6 is 0 Å². The van der Waals surface area contributed by atoms with Crippen LogP contribution in [0.2, 0.25) is 0 Å².